The molecule has 198 valence electrons. The van der Waals surface area contributed by atoms with Gasteiger partial charge >= 0.3 is 0 Å². The number of morpholine rings is 1. The van der Waals surface area contributed by atoms with Crippen molar-refractivity contribution in [2.24, 2.45) is 11.8 Å². The Morgan fingerprint density at radius 1 is 0.842 bits per heavy atom. The molecule has 3 aromatic heterocycles. The van der Waals surface area contributed by atoms with Gasteiger partial charge in [0.1, 0.15) is 16.3 Å². The molecule has 4 fully saturated rings. The molecule has 1 aliphatic carbocycles. The second-order valence-electron chi connectivity index (χ2n) is 11.2. The lowest BCUT2D eigenvalue weighted by Crippen LogP contribution is -2.50. The van der Waals surface area contributed by atoms with E-state index in [1.807, 2.05) is 0 Å². The molecule has 1 saturated carbocycles. The Balaban J connectivity index is 1.15. The molecule has 0 atom stereocenters. The zero-order valence-corrected chi connectivity index (χ0v) is 22.4. The summed E-state index contributed by atoms with van der Waals surface area (Å²) < 4.78 is 13.4. The third-order valence-corrected chi connectivity index (χ3v) is 9.52. The van der Waals surface area contributed by atoms with Crippen LogP contribution >= 0.6 is 11.3 Å². The van der Waals surface area contributed by atoms with Crippen molar-refractivity contribution in [3.8, 4) is 5.95 Å². The number of rotatable bonds is 6. The first-order chi connectivity index (χ1) is 18.8. The fourth-order valence-electron chi connectivity index (χ4n) is 6.29. The predicted octanol–water partition coefficient (Wildman–Crippen LogP) is 4.00. The van der Waals surface area contributed by atoms with Crippen molar-refractivity contribution in [2.75, 3.05) is 57.5 Å². The molecule has 3 saturated heterocycles. The standard InChI is InChI=1S/C28H33N7O2S/c1-2-4-22-21(3-1)29-25(19-5-6-19)35(22)28-31-26(34-9-13-37-14-10-34)24-27(32-28)38-23(30-24)17-33-15-20(16-33)18-7-11-36-12-8-18/h1-4,18-20H,5-17H2. The highest BCUT2D eigenvalue weighted by atomic mass is 32.1. The van der Waals surface area contributed by atoms with Crippen molar-refractivity contribution in [3.05, 3.63) is 35.1 Å². The van der Waals surface area contributed by atoms with Crippen LogP contribution in [0.25, 0.3) is 27.3 Å². The molecule has 0 spiro atoms. The lowest BCUT2D eigenvalue weighted by Gasteiger charge is -2.44. The number of ether oxygens (including phenoxy) is 2. The minimum atomic E-state index is 0.487. The molecule has 0 amide bonds. The molecule has 0 bridgehead atoms. The summed E-state index contributed by atoms with van der Waals surface area (Å²) in [5.74, 6) is 4.84. The fraction of sp³-hybridized carbons (Fsp3) is 0.571. The molecule has 4 aliphatic rings. The highest BCUT2D eigenvalue weighted by Crippen LogP contribution is 2.42. The van der Waals surface area contributed by atoms with Gasteiger partial charge in [0, 0.05) is 45.3 Å². The summed E-state index contributed by atoms with van der Waals surface area (Å²) in [4.78, 5) is 26.3. The highest BCUT2D eigenvalue weighted by molar-refractivity contribution is 7.18. The molecule has 1 aromatic carbocycles. The van der Waals surface area contributed by atoms with Gasteiger partial charge in [-0.1, -0.05) is 23.5 Å². The van der Waals surface area contributed by atoms with Crippen LogP contribution < -0.4 is 4.90 Å². The van der Waals surface area contributed by atoms with E-state index in [2.05, 4.69) is 38.6 Å². The van der Waals surface area contributed by atoms with Crippen LogP contribution in [-0.4, -0.2) is 82.0 Å². The first kappa shape index (κ1) is 23.2. The van der Waals surface area contributed by atoms with Gasteiger partial charge in [-0.05, 0) is 49.7 Å². The molecule has 0 radical (unpaired) electrons. The monoisotopic (exact) mass is 531 g/mol. The molecule has 38 heavy (non-hydrogen) atoms. The quantitative estimate of drug-likeness (QED) is 0.369. The molecular formula is C28H33N7O2S. The minimum Gasteiger partial charge on any atom is -0.381 e. The van der Waals surface area contributed by atoms with Crippen LogP contribution in [0.4, 0.5) is 5.82 Å². The van der Waals surface area contributed by atoms with E-state index in [1.54, 1.807) is 11.3 Å². The van der Waals surface area contributed by atoms with Gasteiger partial charge in [-0.3, -0.25) is 9.47 Å². The van der Waals surface area contributed by atoms with E-state index in [0.29, 0.717) is 25.1 Å². The lowest BCUT2D eigenvalue weighted by molar-refractivity contribution is -0.0104. The maximum Gasteiger partial charge on any atom is 0.239 e. The van der Waals surface area contributed by atoms with E-state index < -0.39 is 0 Å². The first-order valence-corrected chi connectivity index (χ1v) is 14.9. The molecule has 10 heteroatoms. The zero-order chi connectivity index (χ0) is 25.1. The van der Waals surface area contributed by atoms with Gasteiger partial charge in [0.25, 0.3) is 0 Å². The Morgan fingerprint density at radius 2 is 1.63 bits per heavy atom. The number of aromatic nitrogens is 5. The predicted molar refractivity (Wildman–Crippen MR) is 147 cm³/mol. The number of hydrogen-bond acceptors (Lipinski definition) is 9. The number of benzene rings is 1. The van der Waals surface area contributed by atoms with Gasteiger partial charge in [-0.25, -0.2) is 9.97 Å². The third kappa shape index (κ3) is 4.18. The van der Waals surface area contributed by atoms with Crippen LogP contribution in [0.2, 0.25) is 0 Å². The van der Waals surface area contributed by atoms with Gasteiger partial charge in [-0.2, -0.15) is 9.97 Å². The topological polar surface area (TPSA) is 81.4 Å². The normalized spacial score (nSPS) is 21.9. The van der Waals surface area contributed by atoms with Crippen molar-refractivity contribution in [3.63, 3.8) is 0 Å². The van der Waals surface area contributed by atoms with Crippen LogP contribution in [0.5, 0.6) is 0 Å². The SMILES string of the molecule is c1ccc2c(c1)nc(C1CC1)n2-c1nc(N2CCOCC2)c2nc(CN3CC(C4CCOCC4)C3)sc2n1. The van der Waals surface area contributed by atoms with Gasteiger partial charge in [0.05, 0.1) is 30.8 Å². The maximum atomic E-state index is 5.66. The second-order valence-corrected chi connectivity index (χ2v) is 12.2. The van der Waals surface area contributed by atoms with Crippen molar-refractivity contribution in [2.45, 2.75) is 38.1 Å². The van der Waals surface area contributed by atoms with E-state index in [0.717, 1.165) is 82.7 Å². The van der Waals surface area contributed by atoms with E-state index in [9.17, 15) is 0 Å². The molecule has 0 N–H and O–H groups in total. The van der Waals surface area contributed by atoms with Crippen LogP contribution in [0.1, 0.15) is 42.4 Å². The summed E-state index contributed by atoms with van der Waals surface area (Å²) in [6, 6.07) is 8.35. The Labute approximate surface area is 225 Å². The second kappa shape index (κ2) is 9.51. The summed E-state index contributed by atoms with van der Waals surface area (Å²) in [5, 5.41) is 1.13. The van der Waals surface area contributed by atoms with Crippen LogP contribution in [0.3, 0.4) is 0 Å². The first-order valence-electron chi connectivity index (χ1n) is 14.1. The van der Waals surface area contributed by atoms with Crippen molar-refractivity contribution in [1.82, 2.24) is 29.4 Å². The van der Waals surface area contributed by atoms with Gasteiger partial charge in [-0.15, -0.1) is 0 Å². The number of para-hydroxylation sites is 2. The van der Waals surface area contributed by atoms with Gasteiger partial charge in [0.15, 0.2) is 10.6 Å². The number of thiazole rings is 1. The average molecular weight is 532 g/mol. The molecule has 4 aromatic rings. The summed E-state index contributed by atoms with van der Waals surface area (Å²) >= 11 is 1.72. The van der Waals surface area contributed by atoms with Crippen molar-refractivity contribution >= 4 is 38.5 Å². The fourth-order valence-corrected chi connectivity index (χ4v) is 7.26. The number of imidazole rings is 1. The summed E-state index contributed by atoms with van der Waals surface area (Å²) in [6.07, 6.45) is 4.79. The largest absolute Gasteiger partial charge is 0.381 e. The van der Waals surface area contributed by atoms with E-state index in [-0.39, 0.29) is 0 Å². The average Bonchev–Trinajstić information content (AvgIpc) is 3.59. The Morgan fingerprint density at radius 3 is 2.45 bits per heavy atom. The van der Waals surface area contributed by atoms with E-state index in [4.69, 9.17) is 29.4 Å². The minimum absolute atomic E-state index is 0.487. The van der Waals surface area contributed by atoms with E-state index in [1.165, 1.54) is 38.8 Å². The van der Waals surface area contributed by atoms with Gasteiger partial charge < -0.3 is 14.4 Å². The van der Waals surface area contributed by atoms with E-state index >= 15 is 0 Å². The lowest BCUT2D eigenvalue weighted by atomic mass is 9.81. The van der Waals surface area contributed by atoms with Crippen LogP contribution in [0.15, 0.2) is 24.3 Å². The van der Waals surface area contributed by atoms with Crippen molar-refractivity contribution < 1.29 is 9.47 Å². The Kier molecular flexibility index (Phi) is 5.82. The molecule has 6 heterocycles. The molecule has 3 aliphatic heterocycles. The number of likely N-dealkylation sites (tertiary alicyclic amines) is 1. The third-order valence-electron chi connectivity index (χ3n) is 8.59. The van der Waals surface area contributed by atoms with Gasteiger partial charge in [0.2, 0.25) is 5.95 Å². The number of fused-ring (bicyclic) bond motifs is 2. The molecule has 8 rings (SSSR count). The summed E-state index contributed by atoms with van der Waals surface area (Å²) in [5.41, 5.74) is 3.01. The highest BCUT2D eigenvalue weighted by Gasteiger charge is 2.35. The number of nitrogens with zero attached hydrogens (tertiary/aromatic N) is 7. The zero-order valence-electron chi connectivity index (χ0n) is 21.6. The number of anilines is 1. The van der Waals surface area contributed by atoms with Crippen LogP contribution in [0, 0.1) is 11.8 Å². The van der Waals surface area contributed by atoms with Crippen molar-refractivity contribution in [1.29, 1.82) is 0 Å². The molecule has 0 unspecified atom stereocenters. The van der Waals surface area contributed by atoms with Crippen LogP contribution in [-0.2, 0) is 16.0 Å². The molecular weight excluding hydrogens is 498 g/mol. The maximum absolute atomic E-state index is 5.66. The summed E-state index contributed by atoms with van der Waals surface area (Å²) in [7, 11) is 0. The summed E-state index contributed by atoms with van der Waals surface area (Å²) in [6.45, 7) is 8.13. The number of hydrogen-bond donors (Lipinski definition) is 0. The Bertz CT molecular complexity index is 1460. The molecule has 9 nitrogen and oxygen atoms in total. The Hall–Kier alpha value is -2.66. The smallest absolute Gasteiger partial charge is 0.239 e.